The largest absolute Gasteiger partial charge is 0.488 e. The van der Waals surface area contributed by atoms with E-state index in [0.717, 1.165) is 68.3 Å². The zero-order valence-electron chi connectivity index (χ0n) is 34.0. The van der Waals surface area contributed by atoms with Crippen LogP contribution in [0.2, 0.25) is 0 Å². The molecule has 5 aromatic rings. The summed E-state index contributed by atoms with van der Waals surface area (Å²) < 4.78 is 28.3. The Morgan fingerprint density at radius 1 is 1.02 bits per heavy atom. The number of methoxy groups -OCH3 is 2. The third-order valence-electron chi connectivity index (χ3n) is 11.3. The number of carbonyl (C=O) groups excluding carboxylic acids is 3. The lowest BCUT2D eigenvalue weighted by Crippen LogP contribution is -2.54. The third-order valence-corrected chi connectivity index (χ3v) is 11.3. The van der Waals surface area contributed by atoms with Crippen molar-refractivity contribution >= 4 is 39.9 Å². The molecule has 5 heterocycles. The fourth-order valence-electron chi connectivity index (χ4n) is 8.41. The van der Waals surface area contributed by atoms with E-state index in [1.165, 1.54) is 14.2 Å². The highest BCUT2D eigenvalue weighted by molar-refractivity contribution is 6.07. The number of likely N-dealkylation sites (tertiary alicyclic amines) is 2. The molecule has 15 heteroatoms. The van der Waals surface area contributed by atoms with Gasteiger partial charge in [0, 0.05) is 37.6 Å². The van der Waals surface area contributed by atoms with Gasteiger partial charge in [0.25, 0.3) is 0 Å². The number of nitrogens with one attached hydrogen (secondary N) is 3. The second-order valence-electron chi connectivity index (χ2n) is 16.2. The van der Waals surface area contributed by atoms with Gasteiger partial charge in [0.2, 0.25) is 5.91 Å². The molecule has 2 aromatic heterocycles. The first kappa shape index (κ1) is 39.2. The van der Waals surface area contributed by atoms with Crippen LogP contribution in [-0.4, -0.2) is 106 Å². The Morgan fingerprint density at radius 3 is 2.60 bits per heavy atom. The van der Waals surface area contributed by atoms with E-state index in [1.54, 1.807) is 22.9 Å². The number of hydrogen-bond donors (Lipinski definition) is 3. The van der Waals surface area contributed by atoms with Gasteiger partial charge in [-0.2, -0.15) is 0 Å². The topological polar surface area (TPSA) is 173 Å². The van der Waals surface area contributed by atoms with E-state index in [0.29, 0.717) is 44.4 Å². The summed E-state index contributed by atoms with van der Waals surface area (Å²) in [6.07, 6.45) is 2.20. The fourth-order valence-corrected chi connectivity index (χ4v) is 8.41. The zero-order valence-corrected chi connectivity index (χ0v) is 34.0. The minimum atomic E-state index is -0.904. The van der Waals surface area contributed by atoms with Crippen LogP contribution in [0.25, 0.3) is 44.2 Å². The molecule has 8 rings (SSSR count). The maximum absolute atomic E-state index is 13.7. The van der Waals surface area contributed by atoms with E-state index in [9.17, 15) is 14.4 Å². The molecule has 2 saturated heterocycles. The number of hydrogen-bond acceptors (Lipinski definition) is 10. The molecule has 3 N–H and O–H groups in total. The highest BCUT2D eigenvalue weighted by Crippen LogP contribution is 2.43. The number of ether oxygens (including phenoxy) is 5. The maximum Gasteiger partial charge on any atom is 0.411 e. The summed E-state index contributed by atoms with van der Waals surface area (Å²) in [5.74, 6) is 1.90. The Hall–Kier alpha value is -5.67. The van der Waals surface area contributed by atoms with E-state index in [2.05, 4.69) is 51.7 Å². The van der Waals surface area contributed by atoms with Gasteiger partial charge in [-0.05, 0) is 93.8 Å². The van der Waals surface area contributed by atoms with Crippen molar-refractivity contribution in [3.8, 4) is 28.1 Å². The Bertz CT molecular complexity index is 2370. The van der Waals surface area contributed by atoms with Crippen LogP contribution >= 0.6 is 0 Å². The number of amides is 3. The molecule has 0 spiro atoms. The van der Waals surface area contributed by atoms with Gasteiger partial charge in [0.15, 0.2) is 0 Å². The average molecular weight is 794 g/mol. The Balaban J connectivity index is 1.04. The monoisotopic (exact) mass is 793 g/mol. The molecule has 15 nitrogen and oxygen atoms in total. The Labute approximate surface area is 336 Å². The van der Waals surface area contributed by atoms with E-state index in [4.69, 9.17) is 33.7 Å². The van der Waals surface area contributed by atoms with Gasteiger partial charge in [0.05, 0.1) is 60.9 Å². The van der Waals surface area contributed by atoms with Crippen molar-refractivity contribution in [1.82, 2.24) is 35.1 Å². The van der Waals surface area contributed by atoms with Crippen molar-refractivity contribution < 1.29 is 38.1 Å². The molecule has 3 amide bonds. The SMILES string of the molecule is CCO[C@H]1C[C@@H](c2nc3c(ccc4cc5c(cc43)OCc3cc(-c4cnc([C@@H]6CCCN6C(=O)[C@@H](NC(=O)OC)[C@@H](C)OC)[nH]4)ccc3-5)[nH]2)N(C(=O)OC(C)(C)C)C1. The second kappa shape index (κ2) is 15.6. The van der Waals surface area contributed by atoms with Gasteiger partial charge in [-0.25, -0.2) is 19.6 Å². The van der Waals surface area contributed by atoms with Gasteiger partial charge in [0.1, 0.15) is 35.6 Å². The Kier molecular flexibility index (Phi) is 10.5. The lowest BCUT2D eigenvalue weighted by Gasteiger charge is -2.30. The molecule has 58 heavy (non-hydrogen) atoms. The van der Waals surface area contributed by atoms with Crippen LogP contribution in [0.15, 0.2) is 48.7 Å². The predicted octanol–water partition coefficient (Wildman–Crippen LogP) is 7.18. The maximum atomic E-state index is 13.7. The van der Waals surface area contributed by atoms with Gasteiger partial charge in [-0.1, -0.05) is 18.2 Å². The van der Waals surface area contributed by atoms with Crippen LogP contribution in [0.5, 0.6) is 5.75 Å². The van der Waals surface area contributed by atoms with Crippen molar-refractivity contribution in [2.24, 2.45) is 0 Å². The van der Waals surface area contributed by atoms with Crippen molar-refractivity contribution in [3.63, 3.8) is 0 Å². The number of nitrogens with zero attached hydrogens (tertiary/aromatic N) is 4. The van der Waals surface area contributed by atoms with Crippen LogP contribution in [0, 0.1) is 0 Å². The number of carbonyl (C=O) groups is 3. The third kappa shape index (κ3) is 7.44. The summed E-state index contributed by atoms with van der Waals surface area (Å²) in [4.78, 5) is 59.3. The normalized spacial score (nSPS) is 20.1. The number of aromatic amines is 2. The molecule has 0 bridgehead atoms. The lowest BCUT2D eigenvalue weighted by molar-refractivity contribution is -0.137. The van der Waals surface area contributed by atoms with Crippen LogP contribution in [0.1, 0.15) is 83.2 Å². The number of aromatic nitrogens is 4. The molecule has 0 saturated carbocycles. The fraction of sp³-hybridized carbons (Fsp3) is 0.465. The smallest absolute Gasteiger partial charge is 0.411 e. The van der Waals surface area contributed by atoms with Crippen molar-refractivity contribution in [1.29, 1.82) is 0 Å². The molecule has 3 aliphatic rings. The van der Waals surface area contributed by atoms with Crippen molar-refractivity contribution in [2.45, 2.75) is 96.4 Å². The molecule has 5 atom stereocenters. The number of H-pyrrole nitrogens is 2. The number of fused-ring (bicyclic) bond motifs is 6. The first-order chi connectivity index (χ1) is 27.8. The summed E-state index contributed by atoms with van der Waals surface area (Å²) in [6.45, 7) is 11.2. The van der Waals surface area contributed by atoms with Gasteiger partial charge in [-0.15, -0.1) is 0 Å². The quantitative estimate of drug-likeness (QED) is 0.139. The number of benzene rings is 3. The molecule has 2 fully saturated rings. The van der Waals surface area contributed by atoms with Gasteiger partial charge >= 0.3 is 12.2 Å². The summed E-state index contributed by atoms with van der Waals surface area (Å²) in [5.41, 5.74) is 5.95. The van der Waals surface area contributed by atoms with Crippen LogP contribution in [0.4, 0.5) is 9.59 Å². The first-order valence-electron chi connectivity index (χ1n) is 19.9. The summed E-state index contributed by atoms with van der Waals surface area (Å²) in [7, 11) is 2.76. The molecule has 0 unspecified atom stereocenters. The lowest BCUT2D eigenvalue weighted by atomic mass is 9.92. The highest BCUT2D eigenvalue weighted by Gasteiger charge is 2.41. The molecule has 3 aliphatic heterocycles. The van der Waals surface area contributed by atoms with E-state index in [-0.39, 0.29) is 30.2 Å². The minimum Gasteiger partial charge on any atom is -0.488 e. The van der Waals surface area contributed by atoms with Gasteiger partial charge < -0.3 is 43.9 Å². The molecule has 3 aromatic carbocycles. The summed E-state index contributed by atoms with van der Waals surface area (Å²) in [5, 5.41) is 4.61. The molecular formula is C43H51N7O8. The zero-order chi connectivity index (χ0) is 40.9. The van der Waals surface area contributed by atoms with Crippen LogP contribution in [-0.2, 0) is 30.3 Å². The standard InChI is InChI=1S/C43H51N7O8/c1-8-56-27-18-34(50(21-27)42(53)58-43(3,4)5)39-45-31-14-12-24-17-30-28-13-11-25(16-26(28)22-57-35(30)19-29(24)37(31)47-39)32-20-44-38(46-32)33-10-9-15-49(33)40(51)36(23(2)54-6)48-41(52)55-7/h11-14,16-17,19-20,23,27,33-34,36H,8-10,15,18,21-22H2,1-7H3,(H,44,46)(H,45,47)(H,48,52)/t23-,27+,33+,34+,36+/m1/s1. The summed E-state index contributed by atoms with van der Waals surface area (Å²) >= 11 is 0. The number of alkyl carbamates (subject to hydrolysis) is 1. The van der Waals surface area contributed by atoms with E-state index in [1.807, 2.05) is 33.8 Å². The molecule has 306 valence electrons. The minimum absolute atomic E-state index is 0.112. The average Bonchev–Trinajstić information content (AvgIpc) is 4.04. The summed E-state index contributed by atoms with van der Waals surface area (Å²) in [6, 6.07) is 13.1. The first-order valence-corrected chi connectivity index (χ1v) is 19.9. The van der Waals surface area contributed by atoms with Crippen LogP contribution < -0.4 is 10.1 Å². The second-order valence-corrected chi connectivity index (χ2v) is 16.2. The van der Waals surface area contributed by atoms with Crippen LogP contribution in [0.3, 0.4) is 0 Å². The van der Waals surface area contributed by atoms with Crippen molar-refractivity contribution in [2.75, 3.05) is 33.9 Å². The highest BCUT2D eigenvalue weighted by atomic mass is 16.6. The molecular weight excluding hydrogens is 743 g/mol. The van der Waals surface area contributed by atoms with Gasteiger partial charge in [-0.3, -0.25) is 9.69 Å². The molecule has 0 aliphatic carbocycles. The van der Waals surface area contributed by atoms with Crippen molar-refractivity contribution in [3.05, 3.63) is 65.9 Å². The van der Waals surface area contributed by atoms with E-state index >= 15 is 0 Å². The number of imidazole rings is 2. The predicted molar refractivity (Wildman–Crippen MR) is 216 cm³/mol. The van der Waals surface area contributed by atoms with E-state index < -0.39 is 23.8 Å². The number of rotatable bonds is 9. The molecule has 0 radical (unpaired) electrons. The Morgan fingerprint density at radius 2 is 1.84 bits per heavy atom.